The topological polar surface area (TPSA) is 50.6 Å². The third-order valence-corrected chi connectivity index (χ3v) is 5.89. The van der Waals surface area contributed by atoms with Crippen LogP contribution in [0.4, 0.5) is 0 Å². The summed E-state index contributed by atoms with van der Waals surface area (Å²) in [5.74, 6) is 3.09. The summed E-state index contributed by atoms with van der Waals surface area (Å²) in [6.07, 6.45) is 3.84. The summed E-state index contributed by atoms with van der Waals surface area (Å²) in [6.45, 7) is 5.41. The van der Waals surface area contributed by atoms with Gasteiger partial charge in [-0.25, -0.2) is 4.98 Å². The van der Waals surface area contributed by atoms with Crippen LogP contribution >= 0.6 is 0 Å². The van der Waals surface area contributed by atoms with Crippen molar-refractivity contribution in [3.05, 3.63) is 48.0 Å². The van der Waals surface area contributed by atoms with Gasteiger partial charge in [0.1, 0.15) is 11.6 Å². The molecule has 3 atom stereocenters. The number of ether oxygens (including phenoxy) is 1. The molecule has 2 aliphatic rings. The van der Waals surface area contributed by atoms with E-state index in [2.05, 4.69) is 31.5 Å². The number of likely N-dealkylation sites (tertiary alicyclic amines) is 2. The van der Waals surface area contributed by atoms with Gasteiger partial charge < -0.3 is 14.2 Å². The molecule has 3 heterocycles. The zero-order valence-corrected chi connectivity index (χ0v) is 15.6. The minimum absolute atomic E-state index is 0.148. The van der Waals surface area contributed by atoms with Gasteiger partial charge >= 0.3 is 0 Å². The fourth-order valence-corrected chi connectivity index (χ4v) is 4.57. The van der Waals surface area contributed by atoms with Crippen LogP contribution in [0.2, 0.25) is 0 Å². The third-order valence-electron chi connectivity index (χ3n) is 5.89. The zero-order chi connectivity index (χ0) is 18.3. The number of hydrogen-bond acceptors (Lipinski definition) is 4. The Hall–Kier alpha value is -2.34. The molecule has 26 heavy (non-hydrogen) atoms. The molecule has 0 bridgehead atoms. The minimum atomic E-state index is 0.148. The number of nitrogens with zero attached hydrogens (tertiary/aromatic N) is 4. The van der Waals surface area contributed by atoms with Crippen LogP contribution in [0.15, 0.2) is 36.7 Å². The van der Waals surface area contributed by atoms with Gasteiger partial charge in [-0.1, -0.05) is 12.1 Å². The molecular weight excluding hydrogens is 328 g/mol. The fraction of sp³-hybridized carbons (Fsp3) is 0.500. The average Bonchev–Trinajstić information content (AvgIpc) is 3.30. The summed E-state index contributed by atoms with van der Waals surface area (Å²) in [5, 5.41) is 0. The highest BCUT2D eigenvalue weighted by atomic mass is 16.5. The van der Waals surface area contributed by atoms with Crippen molar-refractivity contribution >= 4 is 5.91 Å². The number of fused-ring (bicyclic) bond motifs is 1. The standard InChI is InChI=1S/C20H26N4O2/c1-14(25)24-11-16-10-23(13-19-21-8-9-22(19)2)12-18(16)20(24)15-4-6-17(26-3)7-5-15/h4-9,16,18,20H,10-13H2,1-3H3/t16-,18-,20+/m1/s1. The molecule has 4 rings (SSSR count). The molecule has 0 saturated carbocycles. The van der Waals surface area contributed by atoms with E-state index < -0.39 is 0 Å². The first kappa shape index (κ1) is 17.1. The van der Waals surface area contributed by atoms with E-state index in [1.54, 1.807) is 14.0 Å². The van der Waals surface area contributed by atoms with Crippen molar-refractivity contribution in [1.29, 1.82) is 0 Å². The maximum absolute atomic E-state index is 12.2. The van der Waals surface area contributed by atoms with Crippen LogP contribution < -0.4 is 4.74 Å². The third kappa shape index (κ3) is 2.98. The van der Waals surface area contributed by atoms with Crippen molar-refractivity contribution < 1.29 is 9.53 Å². The van der Waals surface area contributed by atoms with E-state index in [0.29, 0.717) is 11.8 Å². The predicted octanol–water partition coefficient (Wildman–Crippen LogP) is 2.08. The Kier molecular flexibility index (Phi) is 4.44. The lowest BCUT2D eigenvalue weighted by Gasteiger charge is -2.29. The van der Waals surface area contributed by atoms with Crippen LogP contribution in [0, 0.1) is 11.8 Å². The van der Waals surface area contributed by atoms with E-state index in [9.17, 15) is 4.79 Å². The SMILES string of the molecule is COc1ccc([C@H]2[C@@H]3CN(Cc4nccn4C)C[C@@H]3CN2C(C)=O)cc1. The Labute approximate surface area is 154 Å². The zero-order valence-electron chi connectivity index (χ0n) is 15.6. The summed E-state index contributed by atoms with van der Waals surface area (Å²) < 4.78 is 7.36. The molecule has 138 valence electrons. The highest BCUT2D eigenvalue weighted by Crippen LogP contribution is 2.45. The number of rotatable bonds is 4. The van der Waals surface area contributed by atoms with Crippen molar-refractivity contribution in [2.75, 3.05) is 26.7 Å². The Morgan fingerprint density at radius 2 is 2.00 bits per heavy atom. The fourth-order valence-electron chi connectivity index (χ4n) is 4.57. The molecule has 2 aliphatic heterocycles. The number of aryl methyl sites for hydroxylation is 1. The van der Waals surface area contributed by atoms with Crippen molar-refractivity contribution in [3.8, 4) is 5.75 Å². The monoisotopic (exact) mass is 354 g/mol. The molecule has 1 amide bonds. The number of methoxy groups -OCH3 is 1. The first-order valence-electron chi connectivity index (χ1n) is 9.16. The molecular formula is C20H26N4O2. The minimum Gasteiger partial charge on any atom is -0.497 e. The van der Waals surface area contributed by atoms with Crippen molar-refractivity contribution in [3.63, 3.8) is 0 Å². The van der Waals surface area contributed by atoms with Gasteiger partial charge in [-0.3, -0.25) is 9.69 Å². The molecule has 2 saturated heterocycles. The Bertz CT molecular complexity index is 785. The Morgan fingerprint density at radius 1 is 1.23 bits per heavy atom. The quantitative estimate of drug-likeness (QED) is 0.844. The summed E-state index contributed by atoms with van der Waals surface area (Å²) in [5.41, 5.74) is 1.20. The van der Waals surface area contributed by atoms with E-state index in [0.717, 1.165) is 37.8 Å². The molecule has 6 nitrogen and oxygen atoms in total. The highest BCUT2D eigenvalue weighted by molar-refractivity contribution is 5.74. The van der Waals surface area contributed by atoms with E-state index in [1.807, 2.05) is 31.6 Å². The van der Waals surface area contributed by atoms with Gasteiger partial charge in [-0.15, -0.1) is 0 Å². The van der Waals surface area contributed by atoms with Gasteiger partial charge in [0.2, 0.25) is 5.91 Å². The summed E-state index contributed by atoms with van der Waals surface area (Å²) >= 11 is 0. The molecule has 0 N–H and O–H groups in total. The van der Waals surface area contributed by atoms with Crippen LogP contribution in [0.5, 0.6) is 5.75 Å². The lowest BCUT2D eigenvalue weighted by atomic mass is 9.89. The smallest absolute Gasteiger partial charge is 0.219 e. The van der Waals surface area contributed by atoms with Gasteiger partial charge in [0, 0.05) is 51.9 Å². The number of hydrogen-bond donors (Lipinski definition) is 0. The van der Waals surface area contributed by atoms with E-state index >= 15 is 0 Å². The lowest BCUT2D eigenvalue weighted by molar-refractivity contribution is -0.130. The van der Waals surface area contributed by atoms with Gasteiger partial charge in [-0.05, 0) is 23.6 Å². The maximum atomic E-state index is 12.2. The number of benzene rings is 1. The predicted molar refractivity (Wildman–Crippen MR) is 98.6 cm³/mol. The largest absolute Gasteiger partial charge is 0.497 e. The van der Waals surface area contributed by atoms with Crippen LogP contribution in [0.25, 0.3) is 0 Å². The van der Waals surface area contributed by atoms with Crippen molar-refractivity contribution in [1.82, 2.24) is 19.4 Å². The Morgan fingerprint density at radius 3 is 2.62 bits per heavy atom. The van der Waals surface area contributed by atoms with E-state index in [1.165, 1.54) is 5.56 Å². The average molecular weight is 354 g/mol. The number of aromatic nitrogens is 2. The summed E-state index contributed by atoms with van der Waals surface area (Å²) in [4.78, 5) is 21.2. The van der Waals surface area contributed by atoms with Crippen molar-refractivity contribution in [2.24, 2.45) is 18.9 Å². The molecule has 1 aromatic carbocycles. The van der Waals surface area contributed by atoms with Crippen LogP contribution in [0.3, 0.4) is 0 Å². The number of carbonyl (C=O) groups excluding carboxylic acids is 1. The van der Waals surface area contributed by atoms with E-state index in [-0.39, 0.29) is 11.9 Å². The summed E-state index contributed by atoms with van der Waals surface area (Å²) in [6, 6.07) is 8.32. The van der Waals surface area contributed by atoms with Crippen LogP contribution in [-0.4, -0.2) is 52.0 Å². The molecule has 0 unspecified atom stereocenters. The second-order valence-corrected chi connectivity index (χ2v) is 7.46. The molecule has 2 aromatic rings. The number of carbonyl (C=O) groups is 1. The van der Waals surface area contributed by atoms with Gasteiger partial charge in [0.15, 0.2) is 0 Å². The van der Waals surface area contributed by atoms with Crippen LogP contribution in [-0.2, 0) is 18.4 Å². The molecule has 1 aromatic heterocycles. The number of amides is 1. The normalized spacial score (nSPS) is 25.5. The molecule has 6 heteroatoms. The van der Waals surface area contributed by atoms with Gasteiger partial charge in [0.05, 0.1) is 19.7 Å². The van der Waals surface area contributed by atoms with Crippen molar-refractivity contribution in [2.45, 2.75) is 19.5 Å². The second kappa shape index (κ2) is 6.76. The van der Waals surface area contributed by atoms with Gasteiger partial charge in [-0.2, -0.15) is 0 Å². The maximum Gasteiger partial charge on any atom is 0.219 e. The molecule has 0 spiro atoms. The first-order valence-corrected chi connectivity index (χ1v) is 9.16. The number of imidazole rings is 1. The summed E-state index contributed by atoms with van der Waals surface area (Å²) in [7, 11) is 3.71. The lowest BCUT2D eigenvalue weighted by Crippen LogP contribution is -2.34. The highest BCUT2D eigenvalue weighted by Gasteiger charge is 2.48. The van der Waals surface area contributed by atoms with Crippen LogP contribution in [0.1, 0.15) is 24.4 Å². The van der Waals surface area contributed by atoms with Gasteiger partial charge in [0.25, 0.3) is 0 Å². The Balaban J connectivity index is 1.55. The second-order valence-electron chi connectivity index (χ2n) is 7.46. The molecule has 0 radical (unpaired) electrons. The molecule has 2 fully saturated rings. The molecule has 0 aliphatic carbocycles. The first-order chi connectivity index (χ1) is 12.6. The van der Waals surface area contributed by atoms with E-state index in [4.69, 9.17) is 4.74 Å².